The first-order valence-electron chi connectivity index (χ1n) is 8.16. The lowest BCUT2D eigenvalue weighted by Crippen LogP contribution is -2.32. The molecule has 1 amide bonds. The molecule has 1 heterocycles. The molecule has 0 fully saturated rings. The Morgan fingerprint density at radius 3 is 2.78 bits per heavy atom. The second-order valence-corrected chi connectivity index (χ2v) is 6.82. The summed E-state index contributed by atoms with van der Waals surface area (Å²) in [5.41, 5.74) is 2.50. The molecular formula is C18H26N2O3. The minimum absolute atomic E-state index is 0.355. The Kier molecular flexibility index (Phi) is 5.64. The van der Waals surface area contributed by atoms with Gasteiger partial charge in [-0.25, -0.2) is 9.78 Å². The van der Waals surface area contributed by atoms with Crippen LogP contribution in [0.4, 0.5) is 4.79 Å². The van der Waals surface area contributed by atoms with E-state index in [1.807, 2.05) is 45.9 Å². The Balaban J connectivity index is 1.64. The van der Waals surface area contributed by atoms with Gasteiger partial charge in [-0.1, -0.05) is 12.5 Å². The first kappa shape index (κ1) is 17.3. The number of ether oxygens (including phenoxy) is 1. The molecule has 5 nitrogen and oxygen atoms in total. The number of nitrogens with one attached hydrogen (secondary N) is 1. The monoisotopic (exact) mass is 318 g/mol. The van der Waals surface area contributed by atoms with Crippen LogP contribution in [0.5, 0.6) is 0 Å². The lowest BCUT2D eigenvalue weighted by atomic mass is 10.2. The highest BCUT2D eigenvalue weighted by Gasteiger charge is 2.15. The third-order valence-corrected chi connectivity index (χ3v) is 3.32. The lowest BCUT2D eigenvalue weighted by molar-refractivity contribution is 0.0527. The van der Waals surface area contributed by atoms with Gasteiger partial charge < -0.3 is 14.5 Å². The van der Waals surface area contributed by atoms with Gasteiger partial charge in [-0.2, -0.15) is 0 Å². The van der Waals surface area contributed by atoms with Gasteiger partial charge in [0.15, 0.2) is 11.5 Å². The van der Waals surface area contributed by atoms with Crippen molar-refractivity contribution in [3.8, 4) is 0 Å². The number of amides is 1. The molecule has 5 heteroatoms. The summed E-state index contributed by atoms with van der Waals surface area (Å²) in [6, 6.07) is 6.03. The summed E-state index contributed by atoms with van der Waals surface area (Å²) in [6.07, 6.45) is 3.38. The van der Waals surface area contributed by atoms with Crippen molar-refractivity contribution >= 4 is 17.2 Å². The van der Waals surface area contributed by atoms with Gasteiger partial charge >= 0.3 is 6.09 Å². The number of aryl methyl sites for hydroxylation is 2. The minimum Gasteiger partial charge on any atom is -0.444 e. The summed E-state index contributed by atoms with van der Waals surface area (Å²) in [5.74, 6) is 0.783. The number of carbonyl (C=O) groups excluding carboxylic acids is 1. The van der Waals surface area contributed by atoms with E-state index in [0.717, 1.165) is 42.7 Å². The first-order chi connectivity index (χ1) is 10.8. The molecule has 2 rings (SSSR count). The summed E-state index contributed by atoms with van der Waals surface area (Å²) in [4.78, 5) is 16.0. The highest BCUT2D eigenvalue weighted by Crippen LogP contribution is 2.18. The number of hydrogen-bond acceptors (Lipinski definition) is 4. The van der Waals surface area contributed by atoms with E-state index in [9.17, 15) is 4.79 Å². The molecule has 0 aliphatic carbocycles. The third kappa shape index (κ3) is 5.93. The van der Waals surface area contributed by atoms with Gasteiger partial charge in [0.1, 0.15) is 11.1 Å². The van der Waals surface area contributed by atoms with Crippen LogP contribution in [0.15, 0.2) is 22.6 Å². The van der Waals surface area contributed by atoms with Crippen molar-refractivity contribution in [2.45, 2.75) is 59.0 Å². The van der Waals surface area contributed by atoms with Crippen molar-refractivity contribution < 1.29 is 13.9 Å². The van der Waals surface area contributed by atoms with Crippen LogP contribution >= 0.6 is 0 Å². The normalized spacial score (nSPS) is 11.7. The van der Waals surface area contributed by atoms with E-state index >= 15 is 0 Å². The van der Waals surface area contributed by atoms with Crippen LogP contribution in [0.3, 0.4) is 0 Å². The fourth-order valence-corrected chi connectivity index (χ4v) is 2.27. The third-order valence-electron chi connectivity index (χ3n) is 3.32. The van der Waals surface area contributed by atoms with E-state index in [2.05, 4.69) is 10.3 Å². The Morgan fingerprint density at radius 2 is 2.04 bits per heavy atom. The molecule has 1 aromatic heterocycles. The van der Waals surface area contributed by atoms with Crippen molar-refractivity contribution in [2.24, 2.45) is 0 Å². The fraction of sp³-hybridized carbons (Fsp3) is 0.556. The van der Waals surface area contributed by atoms with Crippen LogP contribution in [0, 0.1) is 6.92 Å². The maximum absolute atomic E-state index is 11.5. The number of aromatic nitrogens is 1. The smallest absolute Gasteiger partial charge is 0.407 e. The minimum atomic E-state index is -0.449. The van der Waals surface area contributed by atoms with Gasteiger partial charge in [-0.15, -0.1) is 0 Å². The van der Waals surface area contributed by atoms with E-state index < -0.39 is 5.60 Å². The van der Waals surface area contributed by atoms with Crippen LogP contribution in [0.25, 0.3) is 11.1 Å². The molecule has 2 aromatic rings. The second-order valence-electron chi connectivity index (χ2n) is 6.82. The average Bonchev–Trinajstić information content (AvgIpc) is 2.82. The zero-order valence-corrected chi connectivity index (χ0v) is 14.4. The first-order valence-corrected chi connectivity index (χ1v) is 8.16. The average molecular weight is 318 g/mol. The predicted octanol–water partition coefficient (Wildman–Crippen LogP) is 4.37. The van der Waals surface area contributed by atoms with E-state index in [0.29, 0.717) is 6.54 Å². The van der Waals surface area contributed by atoms with E-state index in [1.165, 1.54) is 5.56 Å². The van der Waals surface area contributed by atoms with Gasteiger partial charge in [-0.05, 0) is 58.2 Å². The van der Waals surface area contributed by atoms with E-state index in [4.69, 9.17) is 9.15 Å². The van der Waals surface area contributed by atoms with Gasteiger partial charge in [0.25, 0.3) is 0 Å². The predicted molar refractivity (Wildman–Crippen MR) is 90.5 cm³/mol. The van der Waals surface area contributed by atoms with Crippen LogP contribution < -0.4 is 5.32 Å². The quantitative estimate of drug-likeness (QED) is 0.803. The second kappa shape index (κ2) is 7.49. The lowest BCUT2D eigenvalue weighted by Gasteiger charge is -2.19. The van der Waals surface area contributed by atoms with Crippen molar-refractivity contribution in [3.05, 3.63) is 29.7 Å². The van der Waals surface area contributed by atoms with Crippen molar-refractivity contribution in [3.63, 3.8) is 0 Å². The molecule has 0 aliphatic heterocycles. The van der Waals surface area contributed by atoms with E-state index in [-0.39, 0.29) is 6.09 Å². The van der Waals surface area contributed by atoms with Crippen LogP contribution in [-0.4, -0.2) is 23.2 Å². The zero-order valence-electron chi connectivity index (χ0n) is 14.4. The number of hydrogen-bond donors (Lipinski definition) is 1. The van der Waals surface area contributed by atoms with Crippen molar-refractivity contribution in [1.82, 2.24) is 10.3 Å². The largest absolute Gasteiger partial charge is 0.444 e. The Morgan fingerprint density at radius 1 is 1.26 bits per heavy atom. The molecular weight excluding hydrogens is 292 g/mol. The molecule has 0 bridgehead atoms. The summed E-state index contributed by atoms with van der Waals surface area (Å²) < 4.78 is 10.9. The highest BCUT2D eigenvalue weighted by molar-refractivity contribution is 5.73. The number of oxazole rings is 1. The molecule has 0 atom stereocenters. The molecule has 1 N–H and O–H groups in total. The van der Waals surface area contributed by atoms with Crippen LogP contribution in [0.2, 0.25) is 0 Å². The Hall–Kier alpha value is -2.04. The molecule has 1 aromatic carbocycles. The number of unbranched alkanes of at least 4 members (excludes halogenated alkanes) is 2. The fourth-order valence-electron chi connectivity index (χ4n) is 2.27. The Labute approximate surface area is 137 Å². The van der Waals surface area contributed by atoms with Crippen LogP contribution in [-0.2, 0) is 11.2 Å². The molecule has 0 spiro atoms. The number of carbonyl (C=O) groups is 1. The molecule has 126 valence electrons. The highest BCUT2D eigenvalue weighted by atomic mass is 16.6. The zero-order chi connectivity index (χ0) is 16.9. The molecule has 0 radical (unpaired) electrons. The molecule has 0 aliphatic rings. The van der Waals surface area contributed by atoms with Gasteiger partial charge in [0, 0.05) is 13.0 Å². The number of alkyl carbamates (subject to hydrolysis) is 1. The standard InChI is InChI=1S/C18H26N2O3/c1-13-9-10-15-14(12-13)20-16(22-15)8-6-5-7-11-19-17(21)23-18(2,3)4/h9-10,12H,5-8,11H2,1-4H3,(H,19,21). The number of fused-ring (bicyclic) bond motifs is 1. The van der Waals surface area contributed by atoms with Crippen molar-refractivity contribution in [1.29, 1.82) is 0 Å². The molecule has 0 unspecified atom stereocenters. The van der Waals surface area contributed by atoms with Crippen LogP contribution in [0.1, 0.15) is 51.5 Å². The summed E-state index contributed by atoms with van der Waals surface area (Å²) in [5, 5.41) is 2.77. The van der Waals surface area contributed by atoms with Gasteiger partial charge in [0.2, 0.25) is 0 Å². The maximum Gasteiger partial charge on any atom is 0.407 e. The van der Waals surface area contributed by atoms with Gasteiger partial charge in [0.05, 0.1) is 0 Å². The topological polar surface area (TPSA) is 64.4 Å². The molecule has 0 saturated carbocycles. The number of benzene rings is 1. The summed E-state index contributed by atoms with van der Waals surface area (Å²) >= 11 is 0. The summed E-state index contributed by atoms with van der Waals surface area (Å²) in [7, 11) is 0. The number of rotatable bonds is 6. The maximum atomic E-state index is 11.5. The Bertz CT molecular complexity index is 656. The summed E-state index contributed by atoms with van der Waals surface area (Å²) in [6.45, 7) is 8.24. The van der Waals surface area contributed by atoms with E-state index in [1.54, 1.807) is 0 Å². The SMILES string of the molecule is Cc1ccc2oc(CCCCCNC(=O)OC(C)(C)C)nc2c1. The van der Waals surface area contributed by atoms with Gasteiger partial charge in [-0.3, -0.25) is 0 Å². The molecule has 0 saturated heterocycles. The van der Waals surface area contributed by atoms with Crippen molar-refractivity contribution in [2.75, 3.05) is 6.54 Å². The molecule has 23 heavy (non-hydrogen) atoms. The number of nitrogens with zero attached hydrogens (tertiary/aromatic N) is 1.